The maximum Gasteiger partial charge on any atom is 0.165 e. The summed E-state index contributed by atoms with van der Waals surface area (Å²) < 4.78 is 15.2. The predicted molar refractivity (Wildman–Crippen MR) is 58.5 cm³/mol. The van der Waals surface area contributed by atoms with Crippen molar-refractivity contribution in [3.8, 4) is 5.69 Å². The van der Waals surface area contributed by atoms with Crippen LogP contribution in [0.5, 0.6) is 0 Å². The van der Waals surface area contributed by atoms with Crippen LogP contribution in [0.15, 0.2) is 31.0 Å². The van der Waals surface area contributed by atoms with Crippen LogP contribution < -0.4 is 5.73 Å². The van der Waals surface area contributed by atoms with Crippen LogP contribution in [0.2, 0.25) is 0 Å². The molecule has 0 fully saturated rings. The van der Waals surface area contributed by atoms with Crippen LogP contribution in [0.25, 0.3) is 5.69 Å². The van der Waals surface area contributed by atoms with Gasteiger partial charge in [0.1, 0.15) is 0 Å². The normalized spacial score (nSPS) is 12.7. The lowest BCUT2D eigenvalue weighted by molar-refractivity contribution is 0.599. The number of nitrogens with two attached hydrogens (primary N) is 1. The zero-order valence-corrected chi connectivity index (χ0v) is 8.97. The summed E-state index contributed by atoms with van der Waals surface area (Å²) in [7, 11) is 0. The van der Waals surface area contributed by atoms with Crippen molar-refractivity contribution in [1.29, 1.82) is 0 Å². The minimum atomic E-state index is -0.384. The summed E-state index contributed by atoms with van der Waals surface area (Å²) in [6, 6.07) is 1.46. The highest BCUT2D eigenvalue weighted by atomic mass is 19.1. The second kappa shape index (κ2) is 4.40. The third kappa shape index (κ3) is 1.81. The van der Waals surface area contributed by atoms with Gasteiger partial charge in [-0.05, 0) is 12.5 Å². The lowest BCUT2D eigenvalue weighted by atomic mass is 10.2. The summed E-state index contributed by atoms with van der Waals surface area (Å²) in [4.78, 5) is 7.71. The number of imidazole rings is 1. The van der Waals surface area contributed by atoms with Crippen molar-refractivity contribution in [3.05, 3.63) is 42.5 Å². The second-order valence-electron chi connectivity index (χ2n) is 3.53. The van der Waals surface area contributed by atoms with Gasteiger partial charge in [0.2, 0.25) is 0 Å². The molecule has 0 aliphatic carbocycles. The number of pyridine rings is 1. The average molecular weight is 220 g/mol. The van der Waals surface area contributed by atoms with Crippen molar-refractivity contribution in [2.75, 3.05) is 0 Å². The molecule has 5 heteroatoms. The first-order valence-electron chi connectivity index (χ1n) is 5.11. The number of hydrogen-bond acceptors (Lipinski definition) is 3. The van der Waals surface area contributed by atoms with Gasteiger partial charge >= 0.3 is 0 Å². The van der Waals surface area contributed by atoms with E-state index >= 15 is 0 Å². The molecule has 0 saturated heterocycles. The van der Waals surface area contributed by atoms with Crippen LogP contribution >= 0.6 is 0 Å². The van der Waals surface area contributed by atoms with Gasteiger partial charge in [-0.1, -0.05) is 6.92 Å². The fourth-order valence-electron chi connectivity index (χ4n) is 1.55. The number of hydrogen-bond donors (Lipinski definition) is 1. The number of nitrogens with zero attached hydrogens (tertiary/aromatic N) is 3. The molecule has 2 rings (SSSR count). The summed E-state index contributed by atoms with van der Waals surface area (Å²) >= 11 is 0. The van der Waals surface area contributed by atoms with E-state index in [1.165, 1.54) is 6.20 Å². The molecule has 0 unspecified atom stereocenters. The van der Waals surface area contributed by atoms with E-state index in [0.29, 0.717) is 5.69 Å². The summed E-state index contributed by atoms with van der Waals surface area (Å²) in [6.07, 6.45) is 6.71. The number of aromatic nitrogens is 3. The van der Waals surface area contributed by atoms with Crippen molar-refractivity contribution in [2.24, 2.45) is 5.73 Å². The molecule has 84 valence electrons. The highest BCUT2D eigenvalue weighted by Crippen LogP contribution is 2.19. The zero-order valence-electron chi connectivity index (χ0n) is 8.97. The molecule has 0 aromatic carbocycles. The van der Waals surface area contributed by atoms with Crippen molar-refractivity contribution in [2.45, 2.75) is 19.4 Å². The lowest BCUT2D eigenvalue weighted by Crippen LogP contribution is -2.14. The van der Waals surface area contributed by atoms with Crippen LogP contribution in [0.1, 0.15) is 25.1 Å². The Morgan fingerprint density at radius 2 is 2.25 bits per heavy atom. The molecule has 0 radical (unpaired) electrons. The first kappa shape index (κ1) is 10.8. The summed E-state index contributed by atoms with van der Waals surface area (Å²) in [6.45, 7) is 1.98. The molecule has 0 aliphatic heterocycles. The first-order valence-corrected chi connectivity index (χ1v) is 5.11. The molecule has 0 bridgehead atoms. The van der Waals surface area contributed by atoms with Gasteiger partial charge in [-0.15, -0.1) is 0 Å². The van der Waals surface area contributed by atoms with E-state index in [9.17, 15) is 4.39 Å². The van der Waals surface area contributed by atoms with Gasteiger partial charge in [-0.2, -0.15) is 0 Å². The van der Waals surface area contributed by atoms with Crippen molar-refractivity contribution in [1.82, 2.24) is 14.5 Å². The predicted octanol–water partition coefficient (Wildman–Crippen LogP) is 1.82. The van der Waals surface area contributed by atoms with Crippen LogP contribution in [0.4, 0.5) is 4.39 Å². The maximum absolute atomic E-state index is 13.5. The van der Waals surface area contributed by atoms with Gasteiger partial charge < -0.3 is 5.73 Å². The molecule has 16 heavy (non-hydrogen) atoms. The smallest absolute Gasteiger partial charge is 0.165 e. The SMILES string of the molecule is CC[C@@H](N)c1cncn1-c1ccncc1F. The second-order valence-corrected chi connectivity index (χ2v) is 3.53. The van der Waals surface area contributed by atoms with E-state index in [4.69, 9.17) is 5.73 Å². The fraction of sp³-hybridized carbons (Fsp3) is 0.273. The molecule has 1 atom stereocenters. The van der Waals surface area contributed by atoms with Crippen LogP contribution in [0.3, 0.4) is 0 Å². The third-order valence-electron chi connectivity index (χ3n) is 2.50. The third-order valence-corrected chi connectivity index (χ3v) is 2.50. The minimum Gasteiger partial charge on any atom is -0.323 e. The largest absolute Gasteiger partial charge is 0.323 e. The molecule has 0 aliphatic rings. The molecule has 0 spiro atoms. The summed E-state index contributed by atoms with van der Waals surface area (Å²) in [5, 5.41) is 0. The van der Waals surface area contributed by atoms with Crippen LogP contribution in [-0.4, -0.2) is 14.5 Å². The summed E-state index contributed by atoms with van der Waals surface area (Å²) in [5.41, 5.74) is 7.15. The van der Waals surface area contributed by atoms with E-state index in [-0.39, 0.29) is 11.9 Å². The average Bonchev–Trinajstić information content (AvgIpc) is 2.77. The van der Waals surface area contributed by atoms with E-state index in [2.05, 4.69) is 9.97 Å². The van der Waals surface area contributed by atoms with Crippen molar-refractivity contribution >= 4 is 0 Å². The van der Waals surface area contributed by atoms with E-state index in [0.717, 1.165) is 12.1 Å². The zero-order chi connectivity index (χ0) is 11.5. The fourth-order valence-corrected chi connectivity index (χ4v) is 1.55. The van der Waals surface area contributed by atoms with Crippen LogP contribution in [0, 0.1) is 5.82 Å². The molecular formula is C11H13FN4. The highest BCUT2D eigenvalue weighted by molar-refractivity contribution is 5.33. The van der Waals surface area contributed by atoms with E-state index in [1.54, 1.807) is 29.4 Å². The standard InChI is InChI=1S/C11H13FN4/c1-2-9(13)11-6-15-7-16(11)10-3-4-14-5-8(10)12/h3-7,9H,2,13H2,1H3/t9-/m1/s1. The summed E-state index contributed by atoms with van der Waals surface area (Å²) in [5.74, 6) is -0.384. The van der Waals surface area contributed by atoms with Crippen LogP contribution in [-0.2, 0) is 0 Å². The molecule has 2 aromatic heterocycles. The van der Waals surface area contributed by atoms with E-state index < -0.39 is 0 Å². The Hall–Kier alpha value is -1.75. The lowest BCUT2D eigenvalue weighted by Gasteiger charge is -2.13. The Morgan fingerprint density at radius 3 is 2.94 bits per heavy atom. The van der Waals surface area contributed by atoms with Gasteiger partial charge in [0.05, 0.1) is 30.1 Å². The molecule has 2 N–H and O–H groups in total. The molecular weight excluding hydrogens is 207 g/mol. The molecule has 0 amide bonds. The van der Waals surface area contributed by atoms with Gasteiger partial charge in [0, 0.05) is 12.2 Å². The van der Waals surface area contributed by atoms with Gasteiger partial charge in [-0.3, -0.25) is 9.55 Å². The molecule has 0 saturated carbocycles. The number of halogens is 1. The van der Waals surface area contributed by atoms with Gasteiger partial charge in [-0.25, -0.2) is 9.37 Å². The molecule has 2 aromatic rings. The minimum absolute atomic E-state index is 0.143. The van der Waals surface area contributed by atoms with Crippen molar-refractivity contribution < 1.29 is 4.39 Å². The Morgan fingerprint density at radius 1 is 1.44 bits per heavy atom. The Labute approximate surface area is 92.9 Å². The highest BCUT2D eigenvalue weighted by Gasteiger charge is 2.13. The maximum atomic E-state index is 13.5. The Kier molecular flexibility index (Phi) is 2.96. The van der Waals surface area contributed by atoms with Crippen molar-refractivity contribution in [3.63, 3.8) is 0 Å². The Bertz CT molecular complexity index is 480. The first-order chi connectivity index (χ1) is 7.74. The quantitative estimate of drug-likeness (QED) is 0.858. The van der Waals surface area contributed by atoms with Gasteiger partial charge in [0.25, 0.3) is 0 Å². The number of rotatable bonds is 3. The molecule has 4 nitrogen and oxygen atoms in total. The van der Waals surface area contributed by atoms with E-state index in [1.807, 2.05) is 6.92 Å². The molecule has 2 heterocycles. The monoisotopic (exact) mass is 220 g/mol. The topological polar surface area (TPSA) is 56.7 Å². The van der Waals surface area contributed by atoms with Gasteiger partial charge in [0.15, 0.2) is 5.82 Å². The Balaban J connectivity index is 2.49.